The summed E-state index contributed by atoms with van der Waals surface area (Å²) in [6, 6.07) is 1.31. The summed E-state index contributed by atoms with van der Waals surface area (Å²) in [5, 5.41) is 19.4. The Hall–Kier alpha value is -1.33. The summed E-state index contributed by atoms with van der Waals surface area (Å²) < 4.78 is 1.55. The fourth-order valence-corrected chi connectivity index (χ4v) is 1.85. The van der Waals surface area contributed by atoms with Crippen LogP contribution in [0.2, 0.25) is 5.02 Å². The van der Waals surface area contributed by atoms with Gasteiger partial charge in [-0.1, -0.05) is 18.5 Å². The Morgan fingerprint density at radius 2 is 2.31 bits per heavy atom. The molecule has 0 unspecified atom stereocenters. The number of aliphatic hydroxyl groups is 1. The molecule has 0 saturated carbocycles. The summed E-state index contributed by atoms with van der Waals surface area (Å²) in [6.07, 6.45) is 2.16. The van der Waals surface area contributed by atoms with Crippen LogP contribution in [0.4, 0.5) is 0 Å². The van der Waals surface area contributed by atoms with Crippen LogP contribution in [0.1, 0.15) is 19.4 Å². The smallest absolute Gasteiger partial charge is 0.296 e. The van der Waals surface area contributed by atoms with Crippen molar-refractivity contribution in [3.05, 3.63) is 17.3 Å². The van der Waals surface area contributed by atoms with Gasteiger partial charge in [0.2, 0.25) is 0 Å². The van der Waals surface area contributed by atoms with Crippen molar-refractivity contribution in [3.63, 3.8) is 0 Å². The molecule has 2 aromatic heterocycles. The molecule has 1 atom stereocenters. The van der Waals surface area contributed by atoms with Crippen LogP contribution in [0.3, 0.4) is 0 Å². The van der Waals surface area contributed by atoms with Crippen molar-refractivity contribution in [1.29, 1.82) is 0 Å². The highest BCUT2D eigenvalue weighted by Gasteiger charge is 2.17. The van der Waals surface area contributed by atoms with Crippen LogP contribution in [0.5, 0.6) is 6.01 Å². The number of hydrogen-bond acceptors (Lipinski definition) is 4. The minimum absolute atomic E-state index is 0.0674. The normalized spacial score (nSPS) is 13.2. The number of halogens is 1. The number of pyridine rings is 1. The summed E-state index contributed by atoms with van der Waals surface area (Å²) in [7, 11) is 0. The molecule has 2 heterocycles. The van der Waals surface area contributed by atoms with E-state index in [-0.39, 0.29) is 18.7 Å². The van der Waals surface area contributed by atoms with Crippen molar-refractivity contribution in [3.8, 4) is 6.01 Å². The lowest BCUT2D eigenvalue weighted by Gasteiger charge is -2.14. The summed E-state index contributed by atoms with van der Waals surface area (Å²) >= 11 is 5.84. The van der Waals surface area contributed by atoms with Gasteiger partial charge in [-0.25, -0.2) is 4.98 Å². The second-order valence-corrected chi connectivity index (χ2v) is 3.96. The van der Waals surface area contributed by atoms with E-state index in [1.165, 1.54) is 6.20 Å². The maximum Gasteiger partial charge on any atom is 0.296 e. The topological polar surface area (TPSA) is 71.2 Å². The molecule has 5 nitrogen and oxygen atoms in total. The summed E-state index contributed by atoms with van der Waals surface area (Å²) in [5.74, 6) is 0. The van der Waals surface area contributed by atoms with E-state index >= 15 is 0 Å². The second kappa shape index (κ2) is 4.27. The van der Waals surface area contributed by atoms with Gasteiger partial charge in [0.1, 0.15) is 0 Å². The number of nitrogens with zero attached hydrogens (tertiary/aromatic N) is 3. The van der Waals surface area contributed by atoms with E-state index in [1.54, 1.807) is 10.6 Å². The molecule has 0 aliphatic carbocycles. The lowest BCUT2D eigenvalue weighted by Crippen LogP contribution is -2.11. The van der Waals surface area contributed by atoms with Crippen LogP contribution in [-0.2, 0) is 0 Å². The highest BCUT2D eigenvalue weighted by atomic mass is 35.5. The van der Waals surface area contributed by atoms with Gasteiger partial charge in [-0.2, -0.15) is 4.98 Å². The molecule has 2 N–H and O–H groups in total. The lowest BCUT2D eigenvalue weighted by atomic mass is 10.2. The first-order valence-electron chi connectivity index (χ1n) is 5.00. The van der Waals surface area contributed by atoms with Crippen molar-refractivity contribution < 1.29 is 10.2 Å². The van der Waals surface area contributed by atoms with E-state index in [4.69, 9.17) is 11.6 Å². The van der Waals surface area contributed by atoms with Crippen LogP contribution in [0, 0.1) is 0 Å². The zero-order valence-electron chi connectivity index (χ0n) is 8.76. The van der Waals surface area contributed by atoms with Crippen LogP contribution < -0.4 is 0 Å². The van der Waals surface area contributed by atoms with Crippen molar-refractivity contribution in [2.75, 3.05) is 6.61 Å². The Bertz CT molecular complexity index is 508. The van der Waals surface area contributed by atoms with E-state index in [2.05, 4.69) is 9.97 Å². The first-order chi connectivity index (χ1) is 7.67. The van der Waals surface area contributed by atoms with E-state index < -0.39 is 0 Å². The largest absolute Gasteiger partial charge is 0.480 e. The minimum atomic E-state index is -0.217. The van der Waals surface area contributed by atoms with Gasteiger partial charge >= 0.3 is 0 Å². The first kappa shape index (κ1) is 11.2. The summed E-state index contributed by atoms with van der Waals surface area (Å²) in [6.45, 7) is 1.85. The van der Waals surface area contributed by atoms with Gasteiger partial charge in [-0.05, 0) is 12.5 Å². The van der Waals surface area contributed by atoms with Crippen LogP contribution >= 0.6 is 11.6 Å². The van der Waals surface area contributed by atoms with Gasteiger partial charge < -0.3 is 10.2 Å². The van der Waals surface area contributed by atoms with Gasteiger partial charge in [0.05, 0.1) is 23.2 Å². The van der Waals surface area contributed by atoms with Crippen molar-refractivity contribution in [1.82, 2.24) is 14.5 Å². The van der Waals surface area contributed by atoms with Crippen LogP contribution in [0.15, 0.2) is 12.3 Å². The number of fused-ring (bicyclic) bond motifs is 1. The molecule has 2 aromatic rings. The lowest BCUT2D eigenvalue weighted by molar-refractivity contribution is 0.216. The number of aliphatic hydroxyl groups excluding tert-OH is 1. The van der Waals surface area contributed by atoms with Crippen molar-refractivity contribution in [2.24, 2.45) is 0 Å². The molecular weight excluding hydrogens is 230 g/mol. The molecule has 0 saturated heterocycles. The molecule has 0 aliphatic rings. The molecule has 16 heavy (non-hydrogen) atoms. The van der Waals surface area contributed by atoms with Crippen LogP contribution in [0.25, 0.3) is 11.2 Å². The first-order valence-corrected chi connectivity index (χ1v) is 5.38. The number of aromatic hydroxyl groups is 1. The number of aromatic nitrogens is 3. The third-order valence-corrected chi connectivity index (χ3v) is 2.75. The Morgan fingerprint density at radius 3 is 2.94 bits per heavy atom. The zero-order valence-corrected chi connectivity index (χ0v) is 9.52. The van der Waals surface area contributed by atoms with Crippen molar-refractivity contribution >= 4 is 22.8 Å². The van der Waals surface area contributed by atoms with Crippen LogP contribution in [-0.4, -0.2) is 31.4 Å². The average molecular weight is 242 g/mol. The maximum atomic E-state index is 9.72. The van der Waals surface area contributed by atoms with Gasteiger partial charge in [0, 0.05) is 6.20 Å². The summed E-state index contributed by atoms with van der Waals surface area (Å²) in [4.78, 5) is 7.92. The maximum absolute atomic E-state index is 9.72. The summed E-state index contributed by atoms with van der Waals surface area (Å²) in [5.41, 5.74) is 1.06. The molecule has 6 heteroatoms. The fraction of sp³-hybridized carbons (Fsp3) is 0.400. The third-order valence-electron chi connectivity index (χ3n) is 2.54. The SMILES string of the molecule is CC[C@H](CO)n1c(O)nc2ncc(Cl)cc21. The van der Waals surface area contributed by atoms with Gasteiger partial charge in [-0.3, -0.25) is 4.57 Å². The zero-order chi connectivity index (χ0) is 11.7. The molecule has 0 aromatic carbocycles. The Kier molecular flexibility index (Phi) is 2.98. The molecule has 0 aliphatic heterocycles. The highest BCUT2D eigenvalue weighted by Crippen LogP contribution is 2.27. The van der Waals surface area contributed by atoms with Crippen molar-refractivity contribution in [2.45, 2.75) is 19.4 Å². The number of rotatable bonds is 3. The minimum Gasteiger partial charge on any atom is -0.480 e. The van der Waals surface area contributed by atoms with E-state index in [9.17, 15) is 10.2 Å². The molecule has 2 rings (SSSR count). The number of hydrogen-bond donors (Lipinski definition) is 2. The predicted molar refractivity (Wildman–Crippen MR) is 60.6 cm³/mol. The van der Waals surface area contributed by atoms with E-state index in [0.717, 1.165) is 0 Å². The quantitative estimate of drug-likeness (QED) is 0.859. The Labute approximate surface area is 97.3 Å². The average Bonchev–Trinajstić information content (AvgIpc) is 2.58. The monoisotopic (exact) mass is 241 g/mol. The molecule has 86 valence electrons. The van der Waals surface area contributed by atoms with Gasteiger partial charge in [0.25, 0.3) is 6.01 Å². The predicted octanol–water partition coefficient (Wildman–Crippen LogP) is 1.73. The van der Waals surface area contributed by atoms with Gasteiger partial charge in [-0.15, -0.1) is 0 Å². The van der Waals surface area contributed by atoms with E-state index in [0.29, 0.717) is 22.6 Å². The van der Waals surface area contributed by atoms with E-state index in [1.807, 2.05) is 6.92 Å². The highest BCUT2D eigenvalue weighted by molar-refractivity contribution is 6.31. The Morgan fingerprint density at radius 1 is 1.56 bits per heavy atom. The van der Waals surface area contributed by atoms with Gasteiger partial charge in [0.15, 0.2) is 5.65 Å². The fourth-order valence-electron chi connectivity index (χ4n) is 1.69. The molecule has 0 amide bonds. The second-order valence-electron chi connectivity index (χ2n) is 3.52. The molecule has 0 bridgehead atoms. The Balaban J connectivity index is 2.66. The molecular formula is C10H12ClN3O2. The molecule has 0 spiro atoms. The third kappa shape index (κ3) is 1.72. The number of imidazole rings is 1. The molecule has 0 radical (unpaired) electrons. The molecule has 0 fully saturated rings. The standard InChI is InChI=1S/C10H12ClN3O2/c1-2-7(5-15)14-8-3-6(11)4-12-9(8)13-10(14)16/h3-4,7,15H,2,5H2,1H3,(H,12,13,16)/t7-/m1/s1.